The van der Waals surface area contributed by atoms with Gasteiger partial charge in [0, 0.05) is 0 Å². The van der Waals surface area contributed by atoms with Crippen molar-refractivity contribution in [2.45, 2.75) is 0 Å². The summed E-state index contributed by atoms with van der Waals surface area (Å²) in [6.45, 7) is 0. The van der Waals surface area contributed by atoms with Gasteiger partial charge in [0.15, 0.2) is 0 Å². The molecule has 0 saturated heterocycles. The van der Waals surface area contributed by atoms with Gasteiger partial charge in [-0.1, -0.05) is 0 Å². The molecule has 2 heterocycles. The predicted molar refractivity (Wildman–Crippen MR) is 97.8 cm³/mol. The molecule has 0 atom stereocenters. The van der Waals surface area contributed by atoms with Crippen LogP contribution in [0.15, 0.2) is 79.0 Å². The van der Waals surface area contributed by atoms with Crippen LogP contribution in [0.25, 0.3) is 32.7 Å². The average Bonchev–Trinajstić information content (AvgIpc) is 3.06. The summed E-state index contributed by atoms with van der Waals surface area (Å²) >= 11 is -1.26. The number of benzene rings is 3. The van der Waals surface area contributed by atoms with E-state index in [4.69, 9.17) is 2.81 Å². The second kappa shape index (κ2) is 8.43. The van der Waals surface area contributed by atoms with Gasteiger partial charge in [-0.2, -0.15) is 0 Å². The van der Waals surface area contributed by atoms with Crippen molar-refractivity contribution in [3.63, 3.8) is 0 Å². The molecule has 132 valence electrons. The molecule has 0 fully saturated rings. The molecule has 0 bridgehead atoms. The zero-order valence-corrected chi connectivity index (χ0v) is 18.1. The summed E-state index contributed by atoms with van der Waals surface area (Å²) in [5, 5.41) is 3.65. The number of halogens is 2. The number of para-hydroxylation sites is 3. The van der Waals surface area contributed by atoms with Crippen LogP contribution in [0.5, 0.6) is 5.75 Å². The van der Waals surface area contributed by atoms with E-state index in [1.165, 1.54) is 25.1 Å². The fourth-order valence-electron chi connectivity index (χ4n) is 3.23. The summed E-state index contributed by atoms with van der Waals surface area (Å²) in [5.41, 5.74) is 3.33. The third-order valence-electron chi connectivity index (χ3n) is 4.41. The fourth-order valence-corrected chi connectivity index (χ4v) is 5.31. The van der Waals surface area contributed by atoms with E-state index in [0.717, 1.165) is 16.7 Å². The maximum absolute atomic E-state index is 6.30. The van der Waals surface area contributed by atoms with Crippen LogP contribution < -0.4 is 30.9 Å². The molecule has 0 aliphatic carbocycles. The van der Waals surface area contributed by atoms with Crippen LogP contribution in [0.2, 0.25) is 0 Å². The van der Waals surface area contributed by atoms with Gasteiger partial charge in [0.25, 0.3) is 0 Å². The van der Waals surface area contributed by atoms with Crippen molar-refractivity contribution in [1.82, 2.24) is 9.97 Å². The van der Waals surface area contributed by atoms with Crippen LogP contribution in [0, 0.1) is 0 Å². The molecule has 0 radical (unpaired) electrons. The maximum atomic E-state index is 6.30. The zero-order valence-electron chi connectivity index (χ0n) is 14.1. The first kappa shape index (κ1) is 19.9. The van der Waals surface area contributed by atoms with Gasteiger partial charge in [0.2, 0.25) is 0 Å². The summed E-state index contributed by atoms with van der Waals surface area (Å²) < 4.78 is 7.61. The Morgan fingerprint density at radius 3 is 2.48 bits per heavy atom. The normalized spacial score (nSPS) is 10.2. The molecule has 0 aliphatic heterocycles. The molecule has 0 saturated carbocycles. The molecular weight excluding hydrogens is 458 g/mol. The van der Waals surface area contributed by atoms with Gasteiger partial charge in [0.05, 0.1) is 0 Å². The zero-order chi connectivity index (χ0) is 16.6. The number of rotatable bonds is 3. The summed E-state index contributed by atoms with van der Waals surface area (Å²) in [7, 11) is 0. The van der Waals surface area contributed by atoms with Crippen LogP contribution in [-0.4, -0.2) is 9.97 Å². The summed E-state index contributed by atoms with van der Waals surface area (Å²) in [4.78, 5) is 8.05. The Morgan fingerprint density at radius 2 is 1.56 bits per heavy atom. The molecular formula is C21H14Cl2N2OZr. The molecule has 0 aliphatic rings. The Bertz CT molecular complexity index is 1220. The van der Waals surface area contributed by atoms with Crippen LogP contribution in [0.3, 0.4) is 0 Å². The van der Waals surface area contributed by atoms with Crippen molar-refractivity contribution < 1.29 is 51.3 Å². The Kier molecular flexibility index (Phi) is 6.21. The monoisotopic (exact) mass is 470 g/mol. The number of nitrogens with zero attached hydrogens (tertiary/aromatic N) is 1. The minimum atomic E-state index is -1.26. The second-order valence-corrected chi connectivity index (χ2v) is 8.26. The average molecular weight is 472 g/mol. The summed E-state index contributed by atoms with van der Waals surface area (Å²) in [6, 6.07) is 25.1. The molecule has 3 aromatic carbocycles. The number of hydrogen-bond donors (Lipinski definition) is 1. The van der Waals surface area contributed by atoms with Gasteiger partial charge in [-0.05, 0) is 0 Å². The number of H-pyrrole nitrogens is 1. The van der Waals surface area contributed by atoms with Crippen LogP contribution >= 0.6 is 0 Å². The van der Waals surface area contributed by atoms with Crippen molar-refractivity contribution in [1.29, 1.82) is 0 Å². The molecule has 3 nitrogen and oxygen atoms in total. The van der Waals surface area contributed by atoms with Crippen LogP contribution in [-0.2, 0) is 23.7 Å². The van der Waals surface area contributed by atoms with E-state index in [1.54, 1.807) is 0 Å². The number of hydrogen-bond acceptors (Lipinski definition) is 2. The van der Waals surface area contributed by atoms with E-state index < -0.39 is 23.7 Å². The van der Waals surface area contributed by atoms with Crippen molar-refractivity contribution >= 4 is 36.0 Å². The van der Waals surface area contributed by atoms with Crippen LogP contribution in [0.4, 0.5) is 0 Å². The Balaban J connectivity index is 0.00000105. The van der Waals surface area contributed by atoms with Crippen molar-refractivity contribution in [2.24, 2.45) is 0 Å². The molecule has 0 spiro atoms. The van der Waals surface area contributed by atoms with Crippen molar-refractivity contribution in [3.8, 4) is 5.75 Å². The van der Waals surface area contributed by atoms with E-state index in [9.17, 15) is 0 Å². The van der Waals surface area contributed by atoms with Gasteiger partial charge in [-0.15, -0.1) is 0 Å². The van der Waals surface area contributed by atoms with Gasteiger partial charge in [-0.3, -0.25) is 0 Å². The Hall–Kier alpha value is -1.87. The molecule has 6 heteroatoms. The molecule has 0 unspecified atom stereocenters. The van der Waals surface area contributed by atoms with Crippen LogP contribution in [0.1, 0.15) is 0 Å². The minimum absolute atomic E-state index is 0. The fraction of sp³-hybridized carbons (Fsp3) is 0. The van der Waals surface area contributed by atoms with Gasteiger partial charge < -0.3 is 24.8 Å². The van der Waals surface area contributed by atoms with E-state index in [-0.39, 0.29) is 24.8 Å². The standard InChI is InChI=1S/C12H8N.C9H7NO.2ClH.Zr/c1-3-7-11-9(5-1)10-6-2-4-8-12(10)13-11;11-8-5-1-3-7-4-2-6-10-9(7)8;;;/h1-7,13H;1-6,11H;2*1H;/q;;;;+3/p-3. The van der Waals surface area contributed by atoms with E-state index in [1.807, 2.05) is 24.4 Å². The van der Waals surface area contributed by atoms with Gasteiger partial charge in [-0.25, -0.2) is 0 Å². The summed E-state index contributed by atoms with van der Waals surface area (Å²) in [5.74, 6) is 0.887. The predicted octanol–water partition coefficient (Wildman–Crippen LogP) is -1.42. The number of nitrogens with one attached hydrogen (secondary N) is 1. The van der Waals surface area contributed by atoms with Crippen molar-refractivity contribution in [3.05, 3.63) is 79.0 Å². The molecule has 5 aromatic rings. The molecule has 0 amide bonds. The number of pyridine rings is 1. The summed E-state index contributed by atoms with van der Waals surface area (Å²) in [6.07, 6.45) is 1.82. The third kappa shape index (κ3) is 3.62. The van der Waals surface area contributed by atoms with E-state index in [2.05, 4.69) is 64.6 Å². The number of aromatic nitrogens is 2. The molecule has 5 rings (SSSR count). The van der Waals surface area contributed by atoms with Gasteiger partial charge >= 0.3 is 157 Å². The van der Waals surface area contributed by atoms with Crippen molar-refractivity contribution in [2.75, 3.05) is 0 Å². The van der Waals surface area contributed by atoms with E-state index in [0.29, 0.717) is 0 Å². The number of fused-ring (bicyclic) bond motifs is 4. The Morgan fingerprint density at radius 1 is 0.778 bits per heavy atom. The first-order valence-corrected chi connectivity index (χ1v) is 10.4. The molecule has 2 aromatic heterocycles. The second-order valence-electron chi connectivity index (χ2n) is 5.93. The SMILES string of the molecule is [Cl-].[Cl-].c1cnc2c([O][Zr+2][c]3cccc4c3[nH]c3ccccc34)cccc2c1. The van der Waals surface area contributed by atoms with E-state index >= 15 is 0 Å². The molecule has 1 N–H and O–H groups in total. The number of aromatic amines is 1. The molecule has 27 heavy (non-hydrogen) atoms. The Labute approximate surface area is 181 Å². The van der Waals surface area contributed by atoms with Gasteiger partial charge in [0.1, 0.15) is 0 Å². The topological polar surface area (TPSA) is 37.9 Å². The first-order chi connectivity index (χ1) is 12.4. The quantitative estimate of drug-likeness (QED) is 0.350. The first-order valence-electron chi connectivity index (χ1n) is 8.16. The third-order valence-corrected chi connectivity index (χ3v) is 6.76.